The van der Waals surface area contributed by atoms with Gasteiger partial charge in [0.2, 0.25) is 0 Å². The highest BCUT2D eigenvalue weighted by Crippen LogP contribution is 2.21. The minimum atomic E-state index is 0.736. The summed E-state index contributed by atoms with van der Waals surface area (Å²) in [5, 5.41) is 5.05. The SMILES string of the molecule is Clc1ccc(CN2CCCC2)cc1Cn1cccn1. The van der Waals surface area contributed by atoms with Gasteiger partial charge in [0.25, 0.3) is 0 Å². The number of rotatable bonds is 4. The Hall–Kier alpha value is -1.32. The Morgan fingerprint density at radius 2 is 2.00 bits per heavy atom. The lowest BCUT2D eigenvalue weighted by atomic mass is 10.1. The molecular weight excluding hydrogens is 258 g/mol. The van der Waals surface area contributed by atoms with Crippen molar-refractivity contribution in [2.75, 3.05) is 13.1 Å². The fourth-order valence-electron chi connectivity index (χ4n) is 2.62. The second-order valence-corrected chi connectivity index (χ2v) is 5.52. The van der Waals surface area contributed by atoms with Crippen LogP contribution in [0.4, 0.5) is 0 Å². The van der Waals surface area contributed by atoms with Gasteiger partial charge in [-0.15, -0.1) is 0 Å². The van der Waals surface area contributed by atoms with Crippen LogP contribution in [0.5, 0.6) is 0 Å². The van der Waals surface area contributed by atoms with E-state index >= 15 is 0 Å². The molecule has 0 bridgehead atoms. The molecule has 1 aliphatic rings. The molecule has 2 heterocycles. The fraction of sp³-hybridized carbons (Fsp3) is 0.400. The summed E-state index contributed by atoms with van der Waals surface area (Å²) in [6.45, 7) is 4.21. The zero-order valence-electron chi connectivity index (χ0n) is 10.9. The van der Waals surface area contributed by atoms with Gasteiger partial charge >= 0.3 is 0 Å². The number of nitrogens with zero attached hydrogens (tertiary/aromatic N) is 3. The van der Waals surface area contributed by atoms with Gasteiger partial charge in [0.05, 0.1) is 6.54 Å². The third kappa shape index (κ3) is 3.17. The van der Waals surface area contributed by atoms with Crippen molar-refractivity contribution in [1.29, 1.82) is 0 Å². The summed E-state index contributed by atoms with van der Waals surface area (Å²) in [5.41, 5.74) is 2.48. The van der Waals surface area contributed by atoms with Crippen LogP contribution in [0.15, 0.2) is 36.7 Å². The molecule has 1 saturated heterocycles. The number of aromatic nitrogens is 2. The number of halogens is 1. The summed E-state index contributed by atoms with van der Waals surface area (Å²) in [6.07, 6.45) is 6.41. The second kappa shape index (κ2) is 5.76. The van der Waals surface area contributed by atoms with Crippen LogP contribution in [0.2, 0.25) is 5.02 Å². The Kier molecular flexibility index (Phi) is 3.85. The zero-order valence-corrected chi connectivity index (χ0v) is 11.7. The standard InChI is InChI=1S/C15H18ClN3/c16-15-5-4-13(11-18-7-1-2-8-18)10-14(15)12-19-9-3-6-17-19/h3-6,9-10H,1-2,7-8,11-12H2. The Morgan fingerprint density at radius 1 is 1.16 bits per heavy atom. The van der Waals surface area contributed by atoms with Crippen LogP contribution in [-0.4, -0.2) is 27.8 Å². The van der Waals surface area contributed by atoms with Crippen molar-refractivity contribution in [3.63, 3.8) is 0 Å². The maximum absolute atomic E-state index is 6.28. The van der Waals surface area contributed by atoms with E-state index in [1.165, 1.54) is 31.5 Å². The molecule has 0 spiro atoms. The summed E-state index contributed by atoms with van der Waals surface area (Å²) in [7, 11) is 0. The molecule has 1 aliphatic heterocycles. The average Bonchev–Trinajstić information content (AvgIpc) is 3.07. The van der Waals surface area contributed by atoms with E-state index in [9.17, 15) is 0 Å². The molecule has 4 heteroatoms. The zero-order chi connectivity index (χ0) is 13.1. The van der Waals surface area contributed by atoms with Crippen LogP contribution < -0.4 is 0 Å². The first-order chi connectivity index (χ1) is 9.31. The molecule has 0 radical (unpaired) electrons. The summed E-state index contributed by atoms with van der Waals surface area (Å²) >= 11 is 6.28. The molecule has 0 aliphatic carbocycles. The molecule has 2 aromatic rings. The molecule has 0 atom stereocenters. The molecule has 0 unspecified atom stereocenters. The topological polar surface area (TPSA) is 21.1 Å². The Morgan fingerprint density at radius 3 is 2.74 bits per heavy atom. The van der Waals surface area contributed by atoms with E-state index in [0.717, 1.165) is 23.7 Å². The first kappa shape index (κ1) is 12.7. The maximum atomic E-state index is 6.28. The van der Waals surface area contributed by atoms with Crippen molar-refractivity contribution < 1.29 is 0 Å². The molecule has 0 saturated carbocycles. The van der Waals surface area contributed by atoms with Crippen LogP contribution in [-0.2, 0) is 13.1 Å². The number of hydrogen-bond donors (Lipinski definition) is 0. The summed E-state index contributed by atoms with van der Waals surface area (Å²) < 4.78 is 1.90. The van der Waals surface area contributed by atoms with Crippen LogP contribution in [0.25, 0.3) is 0 Å². The summed E-state index contributed by atoms with van der Waals surface area (Å²) in [6, 6.07) is 8.28. The lowest BCUT2D eigenvalue weighted by Crippen LogP contribution is -2.18. The van der Waals surface area contributed by atoms with Gasteiger partial charge in [-0.1, -0.05) is 23.7 Å². The van der Waals surface area contributed by atoms with E-state index < -0.39 is 0 Å². The molecule has 1 aromatic heterocycles. The molecule has 19 heavy (non-hydrogen) atoms. The molecule has 1 fully saturated rings. The van der Waals surface area contributed by atoms with Gasteiger partial charge in [-0.05, 0) is 49.2 Å². The first-order valence-corrected chi connectivity index (χ1v) is 7.16. The van der Waals surface area contributed by atoms with Crippen molar-refractivity contribution in [3.8, 4) is 0 Å². The molecule has 1 aromatic carbocycles. The molecule has 0 amide bonds. The van der Waals surface area contributed by atoms with Crippen molar-refractivity contribution in [3.05, 3.63) is 52.8 Å². The van der Waals surface area contributed by atoms with Gasteiger partial charge in [0.1, 0.15) is 0 Å². The van der Waals surface area contributed by atoms with E-state index in [2.05, 4.69) is 22.1 Å². The van der Waals surface area contributed by atoms with Gasteiger partial charge in [-0.2, -0.15) is 5.10 Å². The van der Waals surface area contributed by atoms with Crippen LogP contribution in [0.3, 0.4) is 0 Å². The van der Waals surface area contributed by atoms with Crippen LogP contribution in [0.1, 0.15) is 24.0 Å². The monoisotopic (exact) mass is 275 g/mol. The highest BCUT2D eigenvalue weighted by Gasteiger charge is 2.12. The van der Waals surface area contributed by atoms with Crippen LogP contribution in [0, 0.1) is 0 Å². The van der Waals surface area contributed by atoms with Crippen molar-refractivity contribution in [2.24, 2.45) is 0 Å². The Labute approximate surface area is 118 Å². The van der Waals surface area contributed by atoms with Crippen molar-refractivity contribution in [2.45, 2.75) is 25.9 Å². The lowest BCUT2D eigenvalue weighted by Gasteiger charge is -2.15. The van der Waals surface area contributed by atoms with Gasteiger partial charge in [0.15, 0.2) is 0 Å². The van der Waals surface area contributed by atoms with Crippen LogP contribution >= 0.6 is 11.6 Å². The third-order valence-electron chi connectivity index (χ3n) is 3.61. The highest BCUT2D eigenvalue weighted by molar-refractivity contribution is 6.31. The average molecular weight is 276 g/mol. The number of benzene rings is 1. The third-order valence-corrected chi connectivity index (χ3v) is 3.98. The predicted octanol–water partition coefficient (Wildman–Crippen LogP) is 3.18. The molecule has 0 N–H and O–H groups in total. The minimum absolute atomic E-state index is 0.736. The molecular formula is C15H18ClN3. The smallest absolute Gasteiger partial charge is 0.0673 e. The molecule has 100 valence electrons. The molecule has 3 rings (SSSR count). The highest BCUT2D eigenvalue weighted by atomic mass is 35.5. The van der Waals surface area contributed by atoms with Gasteiger partial charge < -0.3 is 0 Å². The van der Waals surface area contributed by atoms with Gasteiger partial charge in [-0.3, -0.25) is 9.58 Å². The summed E-state index contributed by atoms with van der Waals surface area (Å²) in [5.74, 6) is 0. The van der Waals surface area contributed by atoms with E-state index in [-0.39, 0.29) is 0 Å². The van der Waals surface area contributed by atoms with Gasteiger partial charge in [0, 0.05) is 24.0 Å². The lowest BCUT2D eigenvalue weighted by molar-refractivity contribution is 0.331. The second-order valence-electron chi connectivity index (χ2n) is 5.11. The maximum Gasteiger partial charge on any atom is 0.0673 e. The van der Waals surface area contributed by atoms with Crippen molar-refractivity contribution in [1.82, 2.24) is 14.7 Å². The number of hydrogen-bond acceptors (Lipinski definition) is 2. The quantitative estimate of drug-likeness (QED) is 0.855. The minimum Gasteiger partial charge on any atom is -0.299 e. The molecule has 3 nitrogen and oxygen atoms in total. The fourth-order valence-corrected chi connectivity index (χ4v) is 2.79. The largest absolute Gasteiger partial charge is 0.299 e. The number of likely N-dealkylation sites (tertiary alicyclic amines) is 1. The Bertz CT molecular complexity index is 530. The van der Waals surface area contributed by atoms with E-state index in [4.69, 9.17) is 11.6 Å². The van der Waals surface area contributed by atoms with Crippen molar-refractivity contribution >= 4 is 11.6 Å². The van der Waals surface area contributed by atoms with E-state index in [1.807, 2.05) is 23.0 Å². The summed E-state index contributed by atoms with van der Waals surface area (Å²) in [4.78, 5) is 2.50. The Balaban J connectivity index is 1.75. The van der Waals surface area contributed by atoms with E-state index in [0.29, 0.717) is 0 Å². The van der Waals surface area contributed by atoms with E-state index in [1.54, 1.807) is 6.20 Å². The normalized spacial score (nSPS) is 16.1. The first-order valence-electron chi connectivity index (χ1n) is 6.78. The van der Waals surface area contributed by atoms with Gasteiger partial charge in [-0.25, -0.2) is 0 Å². The predicted molar refractivity (Wildman–Crippen MR) is 77.3 cm³/mol.